The fraction of sp³-hybridized carbons (Fsp3) is 0.259. The zero-order valence-electron chi connectivity index (χ0n) is 23.4. The summed E-state index contributed by atoms with van der Waals surface area (Å²) in [6, 6.07) is 9.11. The number of alkyl halides is 3. The Morgan fingerprint density at radius 2 is 2.02 bits per heavy atom. The van der Waals surface area contributed by atoms with Crippen molar-refractivity contribution in [1.82, 2.24) is 20.3 Å². The molecule has 0 spiro atoms. The summed E-state index contributed by atoms with van der Waals surface area (Å²) < 4.78 is 106. The molecule has 1 atom stereocenters. The van der Waals surface area contributed by atoms with Gasteiger partial charge >= 0.3 is 0 Å². The maximum atomic E-state index is 14.8. The lowest BCUT2D eigenvalue weighted by Gasteiger charge is -2.29. The second-order valence-electron chi connectivity index (χ2n) is 9.28. The molecular formula is C27H21F4N5O5S. The summed E-state index contributed by atoms with van der Waals surface area (Å²) >= 11 is 0. The lowest BCUT2D eigenvalue weighted by molar-refractivity contribution is 0.0938. The third-order valence-electron chi connectivity index (χ3n) is 6.62. The number of ether oxygens (including phenoxy) is 2. The number of halogens is 4. The summed E-state index contributed by atoms with van der Waals surface area (Å²) in [7, 11) is -5.03. The molecule has 15 heteroatoms. The summed E-state index contributed by atoms with van der Waals surface area (Å²) in [5.74, 6) is -1.15. The van der Waals surface area contributed by atoms with Crippen molar-refractivity contribution in [3.8, 4) is 5.75 Å². The first-order chi connectivity index (χ1) is 20.8. The smallest absolute Gasteiger partial charge is 0.280 e. The molecule has 42 heavy (non-hydrogen) atoms. The number of hydrogen-bond donors (Lipinski definition) is 1. The summed E-state index contributed by atoms with van der Waals surface area (Å²) in [6.45, 7) is -3.70. The van der Waals surface area contributed by atoms with Crippen LogP contribution >= 0.6 is 0 Å². The van der Waals surface area contributed by atoms with Gasteiger partial charge in [-0.3, -0.25) is 9.78 Å². The SMILES string of the molecule is [2H]C1([2H])OCc2c(F)cc(C(=O)NCc3cc4nc(N5CCOc6ccc(C(F)F)nc65)ccc4cn3)cc2S(=O)(=O)[C@H]1F. The number of aromatic nitrogens is 3. The van der Waals surface area contributed by atoms with Gasteiger partial charge in [-0.1, -0.05) is 0 Å². The van der Waals surface area contributed by atoms with Crippen LogP contribution in [0.5, 0.6) is 5.75 Å². The van der Waals surface area contributed by atoms with Gasteiger partial charge in [0.1, 0.15) is 23.9 Å². The number of nitrogens with one attached hydrogen (secondary N) is 1. The first-order valence-corrected chi connectivity index (χ1v) is 14.0. The molecule has 4 aromatic rings. The highest BCUT2D eigenvalue weighted by Crippen LogP contribution is 2.36. The molecule has 6 rings (SSSR count). The number of carbonyl (C=O) groups is 1. The lowest BCUT2D eigenvalue weighted by atomic mass is 10.1. The Balaban J connectivity index is 1.24. The van der Waals surface area contributed by atoms with Crippen LogP contribution in [0.1, 0.15) is 36.5 Å². The molecular weight excluding hydrogens is 582 g/mol. The van der Waals surface area contributed by atoms with E-state index in [1.165, 1.54) is 18.3 Å². The Hall–Kier alpha value is -4.37. The second-order valence-corrected chi connectivity index (χ2v) is 11.2. The van der Waals surface area contributed by atoms with E-state index in [4.69, 9.17) is 7.48 Å². The Morgan fingerprint density at radius 1 is 1.19 bits per heavy atom. The molecule has 0 aliphatic carbocycles. The van der Waals surface area contributed by atoms with E-state index in [9.17, 15) is 30.8 Å². The molecule has 1 aromatic carbocycles. The Morgan fingerprint density at radius 3 is 2.83 bits per heavy atom. The van der Waals surface area contributed by atoms with Crippen molar-refractivity contribution in [2.75, 3.05) is 24.6 Å². The molecule has 0 saturated heterocycles. The van der Waals surface area contributed by atoms with Crippen LogP contribution in [0.2, 0.25) is 0 Å². The Bertz CT molecular complexity index is 1920. The number of carbonyl (C=O) groups excluding carboxylic acids is 1. The van der Waals surface area contributed by atoms with E-state index in [1.54, 1.807) is 23.1 Å². The summed E-state index contributed by atoms with van der Waals surface area (Å²) in [6.07, 6.45) is -1.28. The van der Waals surface area contributed by atoms with Crippen LogP contribution in [0.4, 0.5) is 29.2 Å². The third-order valence-corrected chi connectivity index (χ3v) is 8.24. The van der Waals surface area contributed by atoms with E-state index >= 15 is 0 Å². The van der Waals surface area contributed by atoms with Gasteiger partial charge < -0.3 is 19.7 Å². The minimum Gasteiger partial charge on any atom is -0.488 e. The van der Waals surface area contributed by atoms with Crippen LogP contribution in [0.25, 0.3) is 10.9 Å². The topological polar surface area (TPSA) is 124 Å². The standard InChI is InChI=1S/C27H21F4N5O5S/c28-18-7-15(8-22-17(18)12-40-13-23(29)42(22,38)39)27(37)33-11-16-9-20-14(10-32-16)1-4-24(34-20)36-5-6-41-21-3-2-19(25(30)31)35-26(21)36/h1-4,7-10,23,25H,5-6,11-13H2,(H,33,37)/t23-/m1/s1/i13D2. The van der Waals surface area contributed by atoms with Gasteiger partial charge in [0.15, 0.2) is 11.6 Å². The van der Waals surface area contributed by atoms with E-state index in [1.807, 2.05) is 0 Å². The van der Waals surface area contributed by atoms with Gasteiger partial charge in [-0.25, -0.2) is 35.9 Å². The average molecular weight is 606 g/mol. The molecule has 0 fully saturated rings. The van der Waals surface area contributed by atoms with Crippen molar-refractivity contribution in [2.24, 2.45) is 0 Å². The maximum absolute atomic E-state index is 14.8. The molecule has 218 valence electrons. The van der Waals surface area contributed by atoms with E-state index in [0.717, 1.165) is 12.1 Å². The molecule has 0 saturated carbocycles. The zero-order valence-corrected chi connectivity index (χ0v) is 22.2. The fourth-order valence-electron chi connectivity index (χ4n) is 4.51. The first kappa shape index (κ1) is 25.3. The van der Waals surface area contributed by atoms with Gasteiger partial charge in [0.05, 0.1) is 45.1 Å². The molecule has 1 amide bonds. The number of pyridine rings is 3. The quantitative estimate of drug-likeness (QED) is 0.334. The largest absolute Gasteiger partial charge is 0.488 e. The van der Waals surface area contributed by atoms with E-state index in [2.05, 4.69) is 25.0 Å². The lowest BCUT2D eigenvalue weighted by Crippen LogP contribution is -2.30. The van der Waals surface area contributed by atoms with Gasteiger partial charge in [-0.15, -0.1) is 0 Å². The number of amides is 1. The van der Waals surface area contributed by atoms with Gasteiger partial charge in [0.2, 0.25) is 15.3 Å². The van der Waals surface area contributed by atoms with Gasteiger partial charge in [0, 0.05) is 22.7 Å². The highest BCUT2D eigenvalue weighted by Gasteiger charge is 2.35. The summed E-state index contributed by atoms with van der Waals surface area (Å²) in [5.41, 5.74) is -3.81. The van der Waals surface area contributed by atoms with Gasteiger partial charge in [-0.05, 0) is 42.5 Å². The molecule has 5 heterocycles. The average Bonchev–Trinajstić information content (AvgIpc) is 3.07. The Labute approximate surface area is 239 Å². The predicted molar refractivity (Wildman–Crippen MR) is 141 cm³/mol. The molecule has 0 radical (unpaired) electrons. The van der Waals surface area contributed by atoms with Crippen molar-refractivity contribution in [3.63, 3.8) is 0 Å². The van der Waals surface area contributed by atoms with Crippen LogP contribution in [0.15, 0.2) is 53.6 Å². The highest BCUT2D eigenvalue weighted by molar-refractivity contribution is 7.92. The second kappa shape index (κ2) is 10.8. The minimum atomic E-state index is -5.03. The molecule has 2 aliphatic heterocycles. The Kier molecular flexibility index (Phi) is 6.52. The number of benzene rings is 1. The highest BCUT2D eigenvalue weighted by atomic mass is 32.2. The van der Waals surface area contributed by atoms with Crippen molar-refractivity contribution >= 4 is 38.3 Å². The minimum absolute atomic E-state index is 0.191. The van der Waals surface area contributed by atoms with Crippen LogP contribution < -0.4 is 15.0 Å². The van der Waals surface area contributed by atoms with Crippen molar-refractivity contribution < 1.29 is 43.0 Å². The van der Waals surface area contributed by atoms with Crippen molar-refractivity contribution in [2.45, 2.75) is 30.0 Å². The molecule has 2 aliphatic rings. The van der Waals surface area contributed by atoms with Crippen LogP contribution in [0.3, 0.4) is 0 Å². The predicted octanol–water partition coefficient (Wildman–Crippen LogP) is 4.16. The number of hydrogen-bond acceptors (Lipinski definition) is 9. The number of rotatable bonds is 5. The van der Waals surface area contributed by atoms with Crippen molar-refractivity contribution in [1.29, 1.82) is 0 Å². The third kappa shape index (κ3) is 5.09. The first-order valence-electron chi connectivity index (χ1n) is 13.4. The number of anilines is 2. The van der Waals surface area contributed by atoms with Crippen molar-refractivity contribution in [3.05, 3.63) is 77.0 Å². The van der Waals surface area contributed by atoms with E-state index in [0.29, 0.717) is 34.7 Å². The molecule has 0 bridgehead atoms. The molecule has 1 N–H and O–H groups in total. The van der Waals surface area contributed by atoms with Crippen LogP contribution in [0, 0.1) is 5.82 Å². The zero-order chi connectivity index (χ0) is 31.4. The summed E-state index contributed by atoms with van der Waals surface area (Å²) in [5, 5.41) is 3.13. The monoisotopic (exact) mass is 605 g/mol. The maximum Gasteiger partial charge on any atom is 0.280 e. The van der Waals surface area contributed by atoms with Crippen LogP contribution in [-0.4, -0.2) is 54.5 Å². The number of fused-ring (bicyclic) bond motifs is 3. The fourth-order valence-corrected chi connectivity index (χ4v) is 5.72. The molecule has 0 unspecified atom stereocenters. The van der Waals surface area contributed by atoms with Gasteiger partial charge in [-0.2, -0.15) is 0 Å². The normalized spacial score (nSPS) is 19.6. The molecule has 10 nitrogen and oxygen atoms in total. The van der Waals surface area contributed by atoms with E-state index in [-0.39, 0.29) is 19.0 Å². The number of sulfone groups is 1. The van der Waals surface area contributed by atoms with E-state index < -0.39 is 68.4 Å². The number of nitrogens with zero attached hydrogens (tertiary/aromatic N) is 4. The van der Waals surface area contributed by atoms with Crippen LogP contribution in [-0.2, 0) is 27.7 Å². The summed E-state index contributed by atoms with van der Waals surface area (Å²) in [4.78, 5) is 26.6. The molecule has 3 aromatic heterocycles. The van der Waals surface area contributed by atoms with Gasteiger partial charge in [0.25, 0.3) is 12.3 Å².